The number of nitrogens with one attached hydrogen (secondary N) is 1. The van der Waals surface area contributed by atoms with Gasteiger partial charge in [0, 0.05) is 24.6 Å². The fourth-order valence-corrected chi connectivity index (χ4v) is 3.22. The van der Waals surface area contributed by atoms with Crippen molar-refractivity contribution in [2.45, 2.75) is 26.3 Å². The molecule has 2 aromatic carbocycles. The molecular formula is C17H19N3S. The van der Waals surface area contributed by atoms with Gasteiger partial charge in [-0.3, -0.25) is 0 Å². The van der Waals surface area contributed by atoms with Gasteiger partial charge in [0.05, 0.1) is 0 Å². The van der Waals surface area contributed by atoms with Crippen LogP contribution in [0, 0.1) is 0 Å². The van der Waals surface area contributed by atoms with Crippen molar-refractivity contribution in [3.05, 3.63) is 47.5 Å². The molecular weight excluding hydrogens is 278 g/mol. The quantitative estimate of drug-likeness (QED) is 0.776. The van der Waals surface area contributed by atoms with Gasteiger partial charge in [-0.25, -0.2) is 0 Å². The number of nitrogens with zero attached hydrogens (tertiary/aromatic N) is 2. The summed E-state index contributed by atoms with van der Waals surface area (Å²) in [5.74, 6) is 0. The molecule has 108 valence electrons. The van der Waals surface area contributed by atoms with Crippen molar-refractivity contribution in [1.29, 1.82) is 0 Å². The first-order valence-corrected chi connectivity index (χ1v) is 8.09. The molecule has 0 aliphatic rings. The van der Waals surface area contributed by atoms with Crippen LogP contribution in [0.4, 0.5) is 0 Å². The van der Waals surface area contributed by atoms with Gasteiger partial charge in [0.15, 0.2) is 0 Å². The van der Waals surface area contributed by atoms with Crippen molar-refractivity contribution in [3.8, 4) is 10.6 Å². The highest BCUT2D eigenvalue weighted by Gasteiger charge is 2.09. The summed E-state index contributed by atoms with van der Waals surface area (Å²) in [6, 6.07) is 15.3. The van der Waals surface area contributed by atoms with Gasteiger partial charge in [0.1, 0.15) is 10.0 Å². The van der Waals surface area contributed by atoms with E-state index in [2.05, 4.69) is 71.8 Å². The van der Waals surface area contributed by atoms with Crippen molar-refractivity contribution < 1.29 is 0 Å². The lowest BCUT2D eigenvalue weighted by Gasteiger charge is -2.05. The second-order valence-electron chi connectivity index (χ2n) is 5.39. The van der Waals surface area contributed by atoms with Gasteiger partial charge >= 0.3 is 0 Å². The Hall–Kier alpha value is -1.78. The average molecular weight is 297 g/mol. The zero-order valence-corrected chi connectivity index (χ0v) is 13.2. The van der Waals surface area contributed by atoms with E-state index >= 15 is 0 Å². The van der Waals surface area contributed by atoms with Crippen LogP contribution in [0.5, 0.6) is 0 Å². The third-order valence-electron chi connectivity index (χ3n) is 3.38. The van der Waals surface area contributed by atoms with Crippen LogP contribution in [0.2, 0.25) is 0 Å². The van der Waals surface area contributed by atoms with E-state index in [1.807, 2.05) is 0 Å². The average Bonchev–Trinajstić information content (AvgIpc) is 2.95. The third kappa shape index (κ3) is 3.28. The molecule has 0 bridgehead atoms. The van der Waals surface area contributed by atoms with Gasteiger partial charge in [-0.05, 0) is 10.8 Å². The lowest BCUT2D eigenvalue weighted by atomic mass is 10.1. The minimum Gasteiger partial charge on any atom is -0.314 e. The van der Waals surface area contributed by atoms with Gasteiger partial charge in [-0.15, -0.1) is 10.2 Å². The van der Waals surface area contributed by atoms with E-state index in [1.165, 1.54) is 16.3 Å². The molecule has 0 unspecified atom stereocenters. The molecule has 21 heavy (non-hydrogen) atoms. The summed E-state index contributed by atoms with van der Waals surface area (Å²) in [4.78, 5) is 0. The van der Waals surface area contributed by atoms with Crippen molar-refractivity contribution in [2.24, 2.45) is 0 Å². The molecule has 3 aromatic rings. The van der Waals surface area contributed by atoms with Crippen LogP contribution in [0.1, 0.15) is 18.9 Å². The number of hydrogen-bond acceptors (Lipinski definition) is 4. The number of fused-ring (bicyclic) bond motifs is 1. The zero-order chi connectivity index (χ0) is 14.7. The topological polar surface area (TPSA) is 37.8 Å². The maximum Gasteiger partial charge on any atom is 0.148 e. The van der Waals surface area contributed by atoms with Crippen LogP contribution >= 0.6 is 11.3 Å². The molecule has 0 spiro atoms. The monoisotopic (exact) mass is 297 g/mol. The van der Waals surface area contributed by atoms with Crippen LogP contribution < -0.4 is 5.32 Å². The third-order valence-corrected chi connectivity index (χ3v) is 4.39. The SMILES string of the molecule is CC(C)NCCc1nnc(-c2cccc3ccccc23)s1. The highest BCUT2D eigenvalue weighted by atomic mass is 32.1. The van der Waals surface area contributed by atoms with E-state index in [4.69, 9.17) is 0 Å². The Bertz CT molecular complexity index is 728. The summed E-state index contributed by atoms with van der Waals surface area (Å²) in [5.41, 5.74) is 1.17. The summed E-state index contributed by atoms with van der Waals surface area (Å²) in [5, 5.41) is 16.7. The van der Waals surface area contributed by atoms with Gasteiger partial charge in [0.25, 0.3) is 0 Å². The first-order valence-electron chi connectivity index (χ1n) is 7.28. The van der Waals surface area contributed by atoms with Gasteiger partial charge < -0.3 is 5.32 Å². The van der Waals surface area contributed by atoms with E-state index in [1.54, 1.807) is 11.3 Å². The Morgan fingerprint density at radius 2 is 1.86 bits per heavy atom. The molecule has 3 rings (SSSR count). The molecule has 1 heterocycles. The minimum absolute atomic E-state index is 0.510. The summed E-state index contributed by atoms with van der Waals surface area (Å²) < 4.78 is 0. The fraction of sp³-hybridized carbons (Fsp3) is 0.294. The minimum atomic E-state index is 0.510. The Kier molecular flexibility index (Phi) is 4.27. The molecule has 0 amide bonds. The Morgan fingerprint density at radius 3 is 2.71 bits per heavy atom. The van der Waals surface area contributed by atoms with Crippen molar-refractivity contribution in [1.82, 2.24) is 15.5 Å². The Balaban J connectivity index is 1.85. The summed E-state index contributed by atoms with van der Waals surface area (Å²) in [7, 11) is 0. The number of hydrogen-bond donors (Lipinski definition) is 1. The highest BCUT2D eigenvalue weighted by Crippen LogP contribution is 2.30. The van der Waals surface area contributed by atoms with E-state index in [0.717, 1.165) is 23.0 Å². The lowest BCUT2D eigenvalue weighted by Crippen LogP contribution is -2.24. The molecule has 0 aliphatic carbocycles. The predicted octanol–water partition coefficient (Wildman–Crippen LogP) is 3.90. The molecule has 0 atom stereocenters. The lowest BCUT2D eigenvalue weighted by molar-refractivity contribution is 0.588. The van der Waals surface area contributed by atoms with E-state index in [0.29, 0.717) is 6.04 Å². The molecule has 1 aromatic heterocycles. The Labute approximate surface area is 129 Å². The largest absolute Gasteiger partial charge is 0.314 e. The molecule has 0 fully saturated rings. The van der Waals surface area contributed by atoms with Gasteiger partial charge in [-0.1, -0.05) is 67.6 Å². The van der Waals surface area contributed by atoms with E-state index in [-0.39, 0.29) is 0 Å². The second-order valence-corrected chi connectivity index (χ2v) is 6.45. The number of rotatable bonds is 5. The predicted molar refractivity (Wildman–Crippen MR) is 89.7 cm³/mol. The molecule has 1 N–H and O–H groups in total. The number of benzene rings is 2. The van der Waals surface area contributed by atoms with Crippen molar-refractivity contribution >= 4 is 22.1 Å². The number of aromatic nitrogens is 2. The van der Waals surface area contributed by atoms with Crippen molar-refractivity contribution in [2.75, 3.05) is 6.54 Å². The second kappa shape index (κ2) is 6.33. The van der Waals surface area contributed by atoms with Crippen LogP contribution in [0.15, 0.2) is 42.5 Å². The molecule has 4 heteroatoms. The Morgan fingerprint density at radius 1 is 1.05 bits per heavy atom. The highest BCUT2D eigenvalue weighted by molar-refractivity contribution is 7.14. The van der Waals surface area contributed by atoms with E-state index in [9.17, 15) is 0 Å². The first kappa shape index (κ1) is 14.2. The first-order chi connectivity index (χ1) is 10.2. The summed E-state index contributed by atoms with van der Waals surface area (Å²) >= 11 is 1.69. The molecule has 0 radical (unpaired) electrons. The van der Waals surface area contributed by atoms with Gasteiger partial charge in [0.2, 0.25) is 0 Å². The molecule has 0 aliphatic heterocycles. The van der Waals surface area contributed by atoms with E-state index < -0.39 is 0 Å². The fourth-order valence-electron chi connectivity index (χ4n) is 2.34. The maximum absolute atomic E-state index is 4.38. The van der Waals surface area contributed by atoms with Crippen molar-refractivity contribution in [3.63, 3.8) is 0 Å². The maximum atomic E-state index is 4.38. The summed E-state index contributed by atoms with van der Waals surface area (Å²) in [6.07, 6.45) is 0.931. The molecule has 0 saturated heterocycles. The van der Waals surface area contributed by atoms with Crippen LogP contribution in [-0.2, 0) is 6.42 Å². The van der Waals surface area contributed by atoms with Crippen LogP contribution in [0.3, 0.4) is 0 Å². The standard InChI is InChI=1S/C17H19N3S/c1-12(2)18-11-10-16-19-20-17(21-16)15-9-5-7-13-6-3-4-8-14(13)15/h3-9,12,18H,10-11H2,1-2H3. The molecule has 0 saturated carbocycles. The van der Waals surface area contributed by atoms with Crippen LogP contribution in [0.25, 0.3) is 21.3 Å². The summed E-state index contributed by atoms with van der Waals surface area (Å²) in [6.45, 7) is 5.26. The smallest absolute Gasteiger partial charge is 0.148 e. The van der Waals surface area contributed by atoms with Crippen LogP contribution in [-0.4, -0.2) is 22.8 Å². The zero-order valence-electron chi connectivity index (χ0n) is 12.3. The van der Waals surface area contributed by atoms with Gasteiger partial charge in [-0.2, -0.15) is 0 Å². The normalized spacial score (nSPS) is 11.4. The molecule has 3 nitrogen and oxygen atoms in total.